The maximum absolute atomic E-state index is 12.2. The lowest BCUT2D eigenvalue weighted by atomic mass is 10.2. The van der Waals surface area contributed by atoms with E-state index < -0.39 is 6.10 Å². The number of carbonyl (C=O) groups is 1. The minimum atomic E-state index is -0.587. The van der Waals surface area contributed by atoms with Crippen molar-refractivity contribution in [1.82, 2.24) is 20.1 Å². The standard InChI is InChI=1S/C19H27ClN4O2S/c1-13(2)12-24-17(22-23-19(24)27-4)9-6-10-21-18(25)14(3)26-16-8-5-7-15(20)11-16/h5,7-8,11,13-14H,6,9-10,12H2,1-4H3,(H,21,25). The number of hydrogen-bond acceptors (Lipinski definition) is 5. The van der Waals surface area contributed by atoms with Crippen LogP contribution in [0.25, 0.3) is 0 Å². The highest BCUT2D eigenvalue weighted by Crippen LogP contribution is 2.18. The average molecular weight is 411 g/mol. The van der Waals surface area contributed by atoms with Crippen molar-refractivity contribution in [3.8, 4) is 5.75 Å². The van der Waals surface area contributed by atoms with E-state index >= 15 is 0 Å². The van der Waals surface area contributed by atoms with Gasteiger partial charge in [-0.25, -0.2) is 0 Å². The van der Waals surface area contributed by atoms with Crippen LogP contribution in [-0.4, -0.2) is 39.6 Å². The lowest BCUT2D eigenvalue weighted by molar-refractivity contribution is -0.127. The lowest BCUT2D eigenvalue weighted by Crippen LogP contribution is -2.37. The van der Waals surface area contributed by atoms with Gasteiger partial charge in [0.05, 0.1) is 0 Å². The van der Waals surface area contributed by atoms with Crippen LogP contribution in [0.4, 0.5) is 0 Å². The summed E-state index contributed by atoms with van der Waals surface area (Å²) in [6.45, 7) is 7.53. The summed E-state index contributed by atoms with van der Waals surface area (Å²) in [7, 11) is 0. The SMILES string of the molecule is CSc1nnc(CCCNC(=O)C(C)Oc2cccc(Cl)c2)n1CC(C)C. The molecule has 0 saturated heterocycles. The largest absolute Gasteiger partial charge is 0.481 e. The molecule has 1 heterocycles. The summed E-state index contributed by atoms with van der Waals surface area (Å²) in [4.78, 5) is 12.2. The van der Waals surface area contributed by atoms with E-state index in [1.807, 2.05) is 6.26 Å². The second-order valence-corrected chi connectivity index (χ2v) is 7.93. The number of hydrogen-bond donors (Lipinski definition) is 1. The smallest absolute Gasteiger partial charge is 0.260 e. The summed E-state index contributed by atoms with van der Waals surface area (Å²) in [5, 5.41) is 13.0. The molecule has 2 rings (SSSR count). The summed E-state index contributed by atoms with van der Waals surface area (Å²) in [5.74, 6) is 1.92. The third-order valence-electron chi connectivity index (χ3n) is 3.88. The molecule has 0 aliphatic rings. The zero-order valence-corrected chi connectivity index (χ0v) is 17.8. The topological polar surface area (TPSA) is 69.0 Å². The van der Waals surface area contributed by atoms with Gasteiger partial charge in [0, 0.05) is 24.5 Å². The molecule has 0 spiro atoms. The van der Waals surface area contributed by atoms with Gasteiger partial charge in [-0.05, 0) is 43.7 Å². The van der Waals surface area contributed by atoms with E-state index in [1.165, 1.54) is 0 Å². The molecule has 1 amide bonds. The Morgan fingerprint density at radius 1 is 1.33 bits per heavy atom. The van der Waals surface area contributed by atoms with Crippen LogP contribution in [0.5, 0.6) is 5.75 Å². The minimum Gasteiger partial charge on any atom is -0.481 e. The molecule has 1 N–H and O–H groups in total. The normalized spacial score (nSPS) is 12.2. The van der Waals surface area contributed by atoms with Gasteiger partial charge in [0.2, 0.25) is 0 Å². The zero-order valence-electron chi connectivity index (χ0n) is 16.2. The molecular weight excluding hydrogens is 384 g/mol. The van der Waals surface area contributed by atoms with E-state index in [1.54, 1.807) is 43.0 Å². The van der Waals surface area contributed by atoms with Crippen molar-refractivity contribution in [2.24, 2.45) is 5.92 Å². The highest BCUT2D eigenvalue weighted by atomic mass is 35.5. The van der Waals surface area contributed by atoms with Crippen LogP contribution in [0.3, 0.4) is 0 Å². The minimum absolute atomic E-state index is 0.150. The van der Waals surface area contributed by atoms with Gasteiger partial charge < -0.3 is 14.6 Å². The number of nitrogens with zero attached hydrogens (tertiary/aromatic N) is 3. The Kier molecular flexibility index (Phi) is 8.44. The first-order valence-electron chi connectivity index (χ1n) is 9.06. The summed E-state index contributed by atoms with van der Waals surface area (Å²) in [5.41, 5.74) is 0. The van der Waals surface area contributed by atoms with E-state index in [2.05, 4.69) is 33.9 Å². The first-order valence-corrected chi connectivity index (χ1v) is 10.7. The molecule has 8 heteroatoms. The molecule has 1 atom stereocenters. The van der Waals surface area contributed by atoms with Crippen molar-refractivity contribution >= 4 is 29.3 Å². The van der Waals surface area contributed by atoms with Crippen molar-refractivity contribution in [2.45, 2.75) is 51.4 Å². The Bertz CT molecular complexity index is 751. The Morgan fingerprint density at radius 2 is 2.11 bits per heavy atom. The van der Waals surface area contributed by atoms with Gasteiger partial charge in [0.25, 0.3) is 5.91 Å². The highest BCUT2D eigenvalue weighted by Gasteiger charge is 2.15. The number of amides is 1. The molecule has 0 aliphatic carbocycles. The van der Waals surface area contributed by atoms with E-state index in [-0.39, 0.29) is 5.91 Å². The third-order valence-corrected chi connectivity index (χ3v) is 4.78. The summed E-state index contributed by atoms with van der Waals surface area (Å²) < 4.78 is 7.80. The zero-order chi connectivity index (χ0) is 19.8. The molecule has 1 unspecified atom stereocenters. The summed E-state index contributed by atoms with van der Waals surface area (Å²) >= 11 is 7.53. The number of carbonyl (C=O) groups excluding carboxylic acids is 1. The predicted octanol–water partition coefficient (Wildman–Crippen LogP) is 3.83. The Labute approximate surface area is 170 Å². The van der Waals surface area contributed by atoms with Crippen molar-refractivity contribution in [3.05, 3.63) is 35.1 Å². The number of ether oxygens (including phenoxy) is 1. The molecule has 148 valence electrons. The molecule has 0 fully saturated rings. The second kappa shape index (κ2) is 10.6. The number of aryl methyl sites for hydroxylation is 1. The quantitative estimate of drug-likeness (QED) is 0.476. The van der Waals surface area contributed by atoms with Crippen LogP contribution in [0.15, 0.2) is 29.4 Å². The Morgan fingerprint density at radius 3 is 2.78 bits per heavy atom. The maximum atomic E-state index is 12.2. The van der Waals surface area contributed by atoms with Gasteiger partial charge in [-0.2, -0.15) is 0 Å². The molecule has 6 nitrogen and oxygen atoms in total. The molecule has 0 radical (unpaired) electrons. The molecule has 0 aliphatic heterocycles. The Balaban J connectivity index is 1.79. The monoisotopic (exact) mass is 410 g/mol. The summed E-state index contributed by atoms with van der Waals surface area (Å²) in [6.07, 6.45) is 2.98. The van der Waals surface area contributed by atoms with Crippen LogP contribution in [0.2, 0.25) is 5.02 Å². The van der Waals surface area contributed by atoms with Gasteiger partial charge in [-0.15, -0.1) is 10.2 Å². The van der Waals surface area contributed by atoms with E-state index in [9.17, 15) is 4.79 Å². The number of benzene rings is 1. The fraction of sp³-hybridized carbons (Fsp3) is 0.526. The molecule has 27 heavy (non-hydrogen) atoms. The number of aromatic nitrogens is 3. The van der Waals surface area contributed by atoms with Gasteiger partial charge in [-0.3, -0.25) is 4.79 Å². The van der Waals surface area contributed by atoms with Crippen molar-refractivity contribution in [3.63, 3.8) is 0 Å². The fourth-order valence-electron chi connectivity index (χ4n) is 2.60. The van der Waals surface area contributed by atoms with Crippen LogP contribution in [0.1, 0.15) is 33.0 Å². The number of halogens is 1. The van der Waals surface area contributed by atoms with Crippen LogP contribution >= 0.6 is 23.4 Å². The number of rotatable bonds is 10. The maximum Gasteiger partial charge on any atom is 0.260 e. The van der Waals surface area contributed by atoms with E-state index in [4.69, 9.17) is 16.3 Å². The molecule has 2 aromatic rings. The van der Waals surface area contributed by atoms with Crippen LogP contribution in [0, 0.1) is 5.92 Å². The van der Waals surface area contributed by atoms with Crippen molar-refractivity contribution in [1.29, 1.82) is 0 Å². The van der Waals surface area contributed by atoms with Gasteiger partial charge in [0.1, 0.15) is 11.6 Å². The lowest BCUT2D eigenvalue weighted by Gasteiger charge is -2.15. The van der Waals surface area contributed by atoms with Gasteiger partial charge in [-0.1, -0.05) is 43.3 Å². The fourth-order valence-corrected chi connectivity index (χ4v) is 3.31. The first kappa shape index (κ1) is 21.6. The highest BCUT2D eigenvalue weighted by molar-refractivity contribution is 7.98. The molecule has 0 bridgehead atoms. The average Bonchev–Trinajstić information content (AvgIpc) is 2.99. The third kappa shape index (κ3) is 6.74. The predicted molar refractivity (Wildman–Crippen MR) is 110 cm³/mol. The van der Waals surface area contributed by atoms with Crippen LogP contribution < -0.4 is 10.1 Å². The second-order valence-electron chi connectivity index (χ2n) is 6.72. The number of nitrogens with one attached hydrogen (secondary N) is 1. The van der Waals surface area contributed by atoms with Crippen LogP contribution in [-0.2, 0) is 17.8 Å². The molecule has 1 aromatic carbocycles. The van der Waals surface area contributed by atoms with Gasteiger partial charge in [0.15, 0.2) is 11.3 Å². The van der Waals surface area contributed by atoms with Gasteiger partial charge >= 0.3 is 0 Å². The van der Waals surface area contributed by atoms with E-state index in [0.29, 0.717) is 23.2 Å². The van der Waals surface area contributed by atoms with Crippen molar-refractivity contribution < 1.29 is 9.53 Å². The molecule has 0 saturated carbocycles. The molecule has 1 aromatic heterocycles. The molecular formula is C19H27ClN4O2S. The Hall–Kier alpha value is -1.73. The number of thioether (sulfide) groups is 1. The summed E-state index contributed by atoms with van der Waals surface area (Å²) in [6, 6.07) is 7.02. The first-order chi connectivity index (χ1) is 12.9. The van der Waals surface area contributed by atoms with E-state index in [0.717, 1.165) is 30.4 Å². The van der Waals surface area contributed by atoms with Crippen molar-refractivity contribution in [2.75, 3.05) is 12.8 Å².